The van der Waals surface area contributed by atoms with E-state index in [1.165, 1.54) is 20.0 Å². The highest BCUT2D eigenvalue weighted by molar-refractivity contribution is 5.88. The van der Waals surface area contributed by atoms with Crippen LogP contribution in [0.3, 0.4) is 0 Å². The van der Waals surface area contributed by atoms with Crippen molar-refractivity contribution >= 4 is 5.97 Å². The molecule has 0 bridgehead atoms. The molecule has 0 heterocycles. The van der Waals surface area contributed by atoms with E-state index in [1.807, 2.05) is 13.0 Å². The lowest BCUT2D eigenvalue weighted by Gasteiger charge is -2.09. The molecule has 0 aromatic carbocycles. The highest BCUT2D eigenvalue weighted by Crippen LogP contribution is 2.06. The van der Waals surface area contributed by atoms with E-state index in [9.17, 15) is 4.79 Å². The molecule has 3 nitrogen and oxygen atoms in total. The maximum atomic E-state index is 11.2. The number of hydrogen-bond acceptors (Lipinski definition) is 3. The summed E-state index contributed by atoms with van der Waals surface area (Å²) in [5.41, 5.74) is 0.686. The van der Waals surface area contributed by atoms with Gasteiger partial charge >= 0.3 is 5.97 Å². The quantitative estimate of drug-likeness (QED) is 0.364. The van der Waals surface area contributed by atoms with E-state index in [1.54, 1.807) is 0 Å². The maximum Gasteiger partial charge on any atom is 0.333 e. The molecule has 0 aliphatic rings. The highest BCUT2D eigenvalue weighted by Gasteiger charge is 2.06. The van der Waals surface area contributed by atoms with Crippen molar-refractivity contribution < 1.29 is 14.3 Å². The van der Waals surface area contributed by atoms with Crippen LogP contribution in [-0.4, -0.2) is 26.3 Å². The van der Waals surface area contributed by atoms with Gasteiger partial charge in [-0.25, -0.2) is 4.79 Å². The first-order valence-electron chi connectivity index (χ1n) is 6.00. The molecule has 0 amide bonds. The predicted octanol–water partition coefficient (Wildman–Crippen LogP) is 2.95. The highest BCUT2D eigenvalue weighted by atomic mass is 16.5. The summed E-state index contributed by atoms with van der Waals surface area (Å²) in [7, 11) is 1.40. The largest absolute Gasteiger partial charge is 0.466 e. The lowest BCUT2D eigenvalue weighted by atomic mass is 10.1. The van der Waals surface area contributed by atoms with E-state index in [4.69, 9.17) is 4.74 Å². The SMILES string of the molecule is CCCC(C)COC/C=C(/CC)C(=O)OC. The zero-order chi connectivity index (χ0) is 12.4. The number of hydrogen-bond donors (Lipinski definition) is 0. The molecule has 0 N–H and O–H groups in total. The van der Waals surface area contributed by atoms with Crippen LogP contribution in [0.15, 0.2) is 11.6 Å². The third-order valence-electron chi connectivity index (χ3n) is 2.46. The second-order valence-corrected chi connectivity index (χ2v) is 4.01. The van der Waals surface area contributed by atoms with Gasteiger partial charge in [0.1, 0.15) is 0 Å². The van der Waals surface area contributed by atoms with Crippen LogP contribution in [0.2, 0.25) is 0 Å². The van der Waals surface area contributed by atoms with E-state index >= 15 is 0 Å². The summed E-state index contributed by atoms with van der Waals surface area (Å²) < 4.78 is 10.1. The van der Waals surface area contributed by atoms with Crippen LogP contribution in [0.5, 0.6) is 0 Å². The molecule has 1 atom stereocenters. The molecule has 16 heavy (non-hydrogen) atoms. The summed E-state index contributed by atoms with van der Waals surface area (Å²) >= 11 is 0. The van der Waals surface area contributed by atoms with Gasteiger partial charge in [0.2, 0.25) is 0 Å². The molecule has 0 spiro atoms. The standard InChI is InChI=1S/C13H24O3/c1-5-7-11(3)10-16-9-8-12(6-2)13(14)15-4/h8,11H,5-7,9-10H2,1-4H3/b12-8-. The molecule has 0 aromatic heterocycles. The van der Waals surface area contributed by atoms with Gasteiger partial charge in [0, 0.05) is 12.2 Å². The van der Waals surface area contributed by atoms with Crippen molar-refractivity contribution in [2.24, 2.45) is 5.92 Å². The number of methoxy groups -OCH3 is 1. The fourth-order valence-corrected chi connectivity index (χ4v) is 1.51. The summed E-state index contributed by atoms with van der Waals surface area (Å²) in [6.45, 7) is 7.52. The Balaban J connectivity index is 3.84. The molecular weight excluding hydrogens is 204 g/mol. The van der Waals surface area contributed by atoms with Crippen LogP contribution in [0.25, 0.3) is 0 Å². The molecule has 0 saturated heterocycles. The summed E-state index contributed by atoms with van der Waals surface area (Å²) in [5.74, 6) is 0.328. The van der Waals surface area contributed by atoms with E-state index < -0.39 is 0 Å². The average Bonchev–Trinajstić information content (AvgIpc) is 2.28. The van der Waals surface area contributed by atoms with Crippen LogP contribution < -0.4 is 0 Å². The van der Waals surface area contributed by atoms with Gasteiger partial charge in [0.25, 0.3) is 0 Å². The second kappa shape index (κ2) is 9.40. The summed E-state index contributed by atoms with van der Waals surface area (Å²) in [6.07, 6.45) is 4.86. The summed E-state index contributed by atoms with van der Waals surface area (Å²) in [6, 6.07) is 0. The van der Waals surface area contributed by atoms with E-state index in [-0.39, 0.29) is 5.97 Å². The zero-order valence-corrected chi connectivity index (χ0v) is 10.9. The average molecular weight is 228 g/mol. The first-order valence-corrected chi connectivity index (χ1v) is 6.00. The first kappa shape index (κ1) is 15.2. The minimum absolute atomic E-state index is 0.257. The van der Waals surface area contributed by atoms with Crippen molar-refractivity contribution in [2.75, 3.05) is 20.3 Å². The topological polar surface area (TPSA) is 35.5 Å². The van der Waals surface area contributed by atoms with Gasteiger partial charge in [0.15, 0.2) is 0 Å². The van der Waals surface area contributed by atoms with Gasteiger partial charge in [-0.1, -0.05) is 27.2 Å². The van der Waals surface area contributed by atoms with Crippen LogP contribution in [0, 0.1) is 5.92 Å². The fourth-order valence-electron chi connectivity index (χ4n) is 1.51. The van der Waals surface area contributed by atoms with Crippen LogP contribution >= 0.6 is 0 Å². The molecule has 0 fully saturated rings. The van der Waals surface area contributed by atoms with Gasteiger partial charge in [-0.15, -0.1) is 0 Å². The third kappa shape index (κ3) is 6.62. The molecular formula is C13H24O3. The number of carbonyl (C=O) groups excluding carboxylic acids is 1. The predicted molar refractivity (Wildman–Crippen MR) is 65.3 cm³/mol. The molecule has 94 valence electrons. The van der Waals surface area contributed by atoms with Crippen molar-refractivity contribution in [3.05, 3.63) is 11.6 Å². The molecule has 0 saturated carbocycles. The first-order chi connectivity index (χ1) is 7.65. The Bertz CT molecular complexity index is 221. The zero-order valence-electron chi connectivity index (χ0n) is 10.9. The van der Waals surface area contributed by atoms with Crippen molar-refractivity contribution in [2.45, 2.75) is 40.0 Å². The van der Waals surface area contributed by atoms with Crippen LogP contribution in [0.1, 0.15) is 40.0 Å². The number of esters is 1. The van der Waals surface area contributed by atoms with Crippen molar-refractivity contribution in [1.29, 1.82) is 0 Å². The molecule has 3 heteroatoms. The van der Waals surface area contributed by atoms with Gasteiger partial charge in [0.05, 0.1) is 13.7 Å². The van der Waals surface area contributed by atoms with Crippen molar-refractivity contribution in [1.82, 2.24) is 0 Å². The Hall–Kier alpha value is -0.830. The third-order valence-corrected chi connectivity index (χ3v) is 2.46. The lowest BCUT2D eigenvalue weighted by molar-refractivity contribution is -0.136. The Morgan fingerprint density at radius 2 is 2.06 bits per heavy atom. The lowest BCUT2D eigenvalue weighted by Crippen LogP contribution is -2.08. The normalized spacial score (nSPS) is 13.6. The van der Waals surface area contributed by atoms with E-state index in [2.05, 4.69) is 18.6 Å². The van der Waals surface area contributed by atoms with Gasteiger partial charge < -0.3 is 9.47 Å². The molecule has 1 unspecified atom stereocenters. The Labute approximate surface area is 98.8 Å². The Morgan fingerprint density at radius 3 is 2.56 bits per heavy atom. The van der Waals surface area contributed by atoms with E-state index in [0.717, 1.165) is 6.61 Å². The van der Waals surface area contributed by atoms with Crippen LogP contribution in [0.4, 0.5) is 0 Å². The summed E-state index contributed by atoms with van der Waals surface area (Å²) in [4.78, 5) is 11.2. The minimum atomic E-state index is -0.257. The fraction of sp³-hybridized carbons (Fsp3) is 0.769. The summed E-state index contributed by atoms with van der Waals surface area (Å²) in [5, 5.41) is 0. The number of ether oxygens (including phenoxy) is 2. The van der Waals surface area contributed by atoms with Gasteiger partial charge in [-0.2, -0.15) is 0 Å². The van der Waals surface area contributed by atoms with Gasteiger partial charge in [-0.3, -0.25) is 0 Å². The number of rotatable bonds is 8. The molecule has 0 rings (SSSR count). The molecule has 0 aliphatic heterocycles. The minimum Gasteiger partial charge on any atom is -0.466 e. The van der Waals surface area contributed by atoms with Crippen LogP contribution in [-0.2, 0) is 14.3 Å². The molecule has 0 aliphatic carbocycles. The number of carbonyl (C=O) groups is 1. The van der Waals surface area contributed by atoms with Crippen molar-refractivity contribution in [3.63, 3.8) is 0 Å². The smallest absolute Gasteiger partial charge is 0.333 e. The monoisotopic (exact) mass is 228 g/mol. The van der Waals surface area contributed by atoms with Gasteiger partial charge in [-0.05, 0) is 24.8 Å². The second-order valence-electron chi connectivity index (χ2n) is 4.01. The molecule has 0 radical (unpaired) electrons. The van der Waals surface area contributed by atoms with E-state index in [0.29, 0.717) is 24.5 Å². The maximum absolute atomic E-state index is 11.2. The Morgan fingerprint density at radius 1 is 1.38 bits per heavy atom. The molecule has 0 aromatic rings. The van der Waals surface area contributed by atoms with Crippen molar-refractivity contribution in [3.8, 4) is 0 Å². The Kier molecular flexibility index (Phi) is 8.91.